The fourth-order valence-electron chi connectivity index (χ4n) is 2.02. The van der Waals surface area contributed by atoms with Crippen LogP contribution in [0.25, 0.3) is 4.96 Å². The molecule has 7 nitrogen and oxygen atoms in total. The number of hydrogen-bond donors (Lipinski definition) is 1. The van der Waals surface area contributed by atoms with Crippen molar-refractivity contribution in [3.8, 4) is 0 Å². The Morgan fingerprint density at radius 3 is 2.88 bits per heavy atom. The van der Waals surface area contributed by atoms with Crippen LogP contribution >= 0.6 is 23.1 Å². The molecule has 0 radical (unpaired) electrons. The monoisotopic (exact) mass is 354 g/mol. The second-order valence-corrected chi connectivity index (χ2v) is 6.71. The molecule has 0 spiro atoms. The van der Waals surface area contributed by atoms with Gasteiger partial charge >= 0.3 is 0 Å². The molecule has 0 bridgehead atoms. The van der Waals surface area contributed by atoms with Crippen molar-refractivity contribution in [3.05, 3.63) is 60.6 Å². The fourth-order valence-corrected chi connectivity index (χ4v) is 3.64. The van der Waals surface area contributed by atoms with Crippen molar-refractivity contribution in [1.82, 2.24) is 24.8 Å². The van der Waals surface area contributed by atoms with Gasteiger partial charge in [0.2, 0.25) is 10.1 Å². The summed E-state index contributed by atoms with van der Waals surface area (Å²) in [6, 6.07) is 13.3. The van der Waals surface area contributed by atoms with Crippen LogP contribution in [0.3, 0.4) is 0 Å². The van der Waals surface area contributed by atoms with E-state index in [1.807, 2.05) is 30.3 Å². The zero-order chi connectivity index (χ0) is 16.4. The standard InChI is InChI=1S/C15H10N6OS2/c22-12(18-14-20-21-9-17-19-15(21)24-14)11-7-4-8-16-13(11)23-10-5-2-1-3-6-10/h1-9H,(H,18,20,22). The van der Waals surface area contributed by atoms with Gasteiger partial charge in [0.05, 0.1) is 5.56 Å². The number of fused-ring (bicyclic) bond motifs is 1. The minimum atomic E-state index is -0.258. The lowest BCUT2D eigenvalue weighted by Crippen LogP contribution is -2.13. The van der Waals surface area contributed by atoms with Crippen LogP contribution in [0, 0.1) is 0 Å². The van der Waals surface area contributed by atoms with Crippen LogP contribution in [0.4, 0.5) is 5.13 Å². The molecule has 0 saturated heterocycles. The van der Waals surface area contributed by atoms with Crippen LogP contribution in [0.2, 0.25) is 0 Å². The molecule has 0 aliphatic heterocycles. The van der Waals surface area contributed by atoms with E-state index in [-0.39, 0.29) is 5.91 Å². The van der Waals surface area contributed by atoms with Crippen LogP contribution in [0.15, 0.2) is 64.9 Å². The van der Waals surface area contributed by atoms with Crippen molar-refractivity contribution < 1.29 is 4.79 Å². The predicted octanol–water partition coefficient (Wildman–Crippen LogP) is 2.98. The maximum Gasteiger partial charge on any atom is 0.260 e. The summed E-state index contributed by atoms with van der Waals surface area (Å²) in [5.41, 5.74) is 0.498. The maximum atomic E-state index is 12.6. The van der Waals surface area contributed by atoms with Gasteiger partial charge in [-0.2, -0.15) is 4.52 Å². The van der Waals surface area contributed by atoms with Gasteiger partial charge in [-0.05, 0) is 24.3 Å². The molecular weight excluding hydrogens is 344 g/mol. The summed E-state index contributed by atoms with van der Waals surface area (Å²) in [5.74, 6) is -0.258. The number of pyridine rings is 1. The summed E-state index contributed by atoms with van der Waals surface area (Å²) < 4.78 is 1.52. The number of carbonyl (C=O) groups excluding carboxylic acids is 1. The zero-order valence-electron chi connectivity index (χ0n) is 12.2. The number of benzene rings is 1. The van der Waals surface area contributed by atoms with Crippen LogP contribution in [-0.4, -0.2) is 30.7 Å². The minimum Gasteiger partial charge on any atom is -0.296 e. The van der Waals surface area contributed by atoms with E-state index in [1.165, 1.54) is 33.9 Å². The fraction of sp³-hybridized carbons (Fsp3) is 0. The summed E-state index contributed by atoms with van der Waals surface area (Å²) in [7, 11) is 0. The summed E-state index contributed by atoms with van der Waals surface area (Å²) in [4.78, 5) is 18.5. The molecule has 0 unspecified atom stereocenters. The lowest BCUT2D eigenvalue weighted by molar-refractivity contribution is 0.102. The van der Waals surface area contributed by atoms with E-state index >= 15 is 0 Å². The third-order valence-electron chi connectivity index (χ3n) is 3.08. The maximum absolute atomic E-state index is 12.6. The molecule has 3 heterocycles. The second-order valence-electron chi connectivity index (χ2n) is 4.69. The van der Waals surface area contributed by atoms with E-state index in [2.05, 4.69) is 25.6 Å². The Hall–Kier alpha value is -2.78. The Morgan fingerprint density at radius 2 is 2.04 bits per heavy atom. The van der Waals surface area contributed by atoms with Crippen molar-refractivity contribution in [2.24, 2.45) is 0 Å². The molecule has 0 fully saturated rings. The number of carbonyl (C=O) groups is 1. The summed E-state index contributed by atoms with van der Waals surface area (Å²) in [5, 5.41) is 15.7. The highest BCUT2D eigenvalue weighted by Gasteiger charge is 2.16. The first-order chi connectivity index (χ1) is 11.8. The van der Waals surface area contributed by atoms with Gasteiger partial charge in [-0.3, -0.25) is 10.1 Å². The molecule has 24 heavy (non-hydrogen) atoms. The van der Waals surface area contributed by atoms with Crippen LogP contribution < -0.4 is 5.32 Å². The average molecular weight is 354 g/mol. The van der Waals surface area contributed by atoms with Gasteiger partial charge in [0, 0.05) is 11.1 Å². The topological polar surface area (TPSA) is 85.1 Å². The number of nitrogens with one attached hydrogen (secondary N) is 1. The average Bonchev–Trinajstić information content (AvgIpc) is 3.17. The lowest BCUT2D eigenvalue weighted by atomic mass is 10.3. The summed E-state index contributed by atoms with van der Waals surface area (Å²) in [6.07, 6.45) is 3.16. The van der Waals surface area contributed by atoms with Gasteiger partial charge in [0.1, 0.15) is 11.4 Å². The number of anilines is 1. The first kappa shape index (κ1) is 14.8. The molecule has 1 N–H and O–H groups in total. The molecule has 0 atom stereocenters. The van der Waals surface area contributed by atoms with Crippen molar-refractivity contribution in [2.45, 2.75) is 9.92 Å². The third-order valence-corrected chi connectivity index (χ3v) is 4.94. The molecule has 4 aromatic rings. The highest BCUT2D eigenvalue weighted by Crippen LogP contribution is 2.29. The molecule has 0 aliphatic rings. The first-order valence-corrected chi connectivity index (χ1v) is 8.59. The summed E-state index contributed by atoms with van der Waals surface area (Å²) >= 11 is 2.70. The van der Waals surface area contributed by atoms with Gasteiger partial charge in [0.15, 0.2) is 0 Å². The van der Waals surface area contributed by atoms with E-state index in [1.54, 1.807) is 18.3 Å². The Balaban J connectivity index is 1.58. The summed E-state index contributed by atoms with van der Waals surface area (Å²) in [6.45, 7) is 0. The van der Waals surface area contributed by atoms with Crippen molar-refractivity contribution >= 4 is 39.1 Å². The molecule has 1 aromatic carbocycles. The molecule has 118 valence electrons. The van der Waals surface area contributed by atoms with Gasteiger partial charge in [-0.1, -0.05) is 41.3 Å². The predicted molar refractivity (Wildman–Crippen MR) is 91.4 cm³/mol. The Bertz CT molecular complexity index is 969. The molecule has 3 aromatic heterocycles. The minimum absolute atomic E-state index is 0.258. The van der Waals surface area contributed by atoms with Crippen molar-refractivity contribution in [2.75, 3.05) is 5.32 Å². The van der Waals surface area contributed by atoms with E-state index in [4.69, 9.17) is 0 Å². The zero-order valence-corrected chi connectivity index (χ0v) is 13.8. The van der Waals surface area contributed by atoms with E-state index in [0.29, 0.717) is 20.7 Å². The van der Waals surface area contributed by atoms with Gasteiger partial charge in [-0.15, -0.1) is 15.3 Å². The molecule has 4 rings (SSSR count). The van der Waals surface area contributed by atoms with E-state index in [0.717, 1.165) is 4.90 Å². The second kappa shape index (κ2) is 6.38. The van der Waals surface area contributed by atoms with Gasteiger partial charge < -0.3 is 0 Å². The molecule has 1 amide bonds. The quantitative estimate of drug-likeness (QED) is 0.606. The normalized spacial score (nSPS) is 10.8. The van der Waals surface area contributed by atoms with Crippen molar-refractivity contribution in [3.63, 3.8) is 0 Å². The highest BCUT2D eigenvalue weighted by atomic mass is 32.2. The van der Waals surface area contributed by atoms with Crippen LogP contribution in [0.1, 0.15) is 10.4 Å². The third kappa shape index (κ3) is 2.99. The number of aromatic nitrogens is 5. The number of amides is 1. The number of nitrogens with zero attached hydrogens (tertiary/aromatic N) is 5. The Morgan fingerprint density at radius 1 is 1.17 bits per heavy atom. The molecule has 0 saturated carbocycles. The van der Waals surface area contributed by atoms with E-state index in [9.17, 15) is 4.79 Å². The number of rotatable bonds is 4. The SMILES string of the molecule is O=C(Nc1nn2cnnc2s1)c1cccnc1Sc1ccccc1. The highest BCUT2D eigenvalue weighted by molar-refractivity contribution is 7.99. The van der Waals surface area contributed by atoms with Gasteiger partial charge in [0.25, 0.3) is 5.91 Å². The molecule has 0 aliphatic carbocycles. The largest absolute Gasteiger partial charge is 0.296 e. The Kier molecular flexibility index (Phi) is 3.93. The molecular formula is C15H10N6OS2. The smallest absolute Gasteiger partial charge is 0.260 e. The van der Waals surface area contributed by atoms with Crippen LogP contribution in [0.5, 0.6) is 0 Å². The van der Waals surface area contributed by atoms with Gasteiger partial charge in [-0.25, -0.2) is 4.98 Å². The Labute approximate surface area is 144 Å². The lowest BCUT2D eigenvalue weighted by Gasteiger charge is -2.07. The molecule has 9 heteroatoms. The first-order valence-electron chi connectivity index (χ1n) is 6.96. The van der Waals surface area contributed by atoms with E-state index < -0.39 is 0 Å². The number of hydrogen-bond acceptors (Lipinski definition) is 7. The van der Waals surface area contributed by atoms with Crippen LogP contribution in [-0.2, 0) is 0 Å². The van der Waals surface area contributed by atoms with Crippen molar-refractivity contribution in [1.29, 1.82) is 0 Å².